The second kappa shape index (κ2) is 8.73. The van der Waals surface area contributed by atoms with E-state index in [1.165, 1.54) is 18.2 Å². The number of carbonyl (C=O) groups excluding carboxylic acids is 1. The van der Waals surface area contributed by atoms with Crippen LogP contribution in [-0.4, -0.2) is 13.1 Å². The maximum Gasteiger partial charge on any atom is 0.305 e. The summed E-state index contributed by atoms with van der Waals surface area (Å²) >= 11 is 0. The van der Waals surface area contributed by atoms with Gasteiger partial charge in [-0.3, -0.25) is 4.79 Å². The number of benzene rings is 1. The summed E-state index contributed by atoms with van der Waals surface area (Å²) in [5, 5.41) is 0. The third kappa shape index (κ3) is 7.00. The second-order valence-electron chi connectivity index (χ2n) is 5.55. The number of unbranched alkanes of at least 4 members (excludes halogenated alkanes) is 2. The zero-order valence-corrected chi connectivity index (χ0v) is 12.4. The molecule has 106 valence electrons. The first kappa shape index (κ1) is 15.7. The van der Waals surface area contributed by atoms with Gasteiger partial charge in [-0.05, 0) is 42.7 Å². The van der Waals surface area contributed by atoms with Gasteiger partial charge in [0.15, 0.2) is 0 Å². The Bertz CT molecular complexity index is 365. The minimum Gasteiger partial charge on any atom is -0.469 e. The van der Waals surface area contributed by atoms with Gasteiger partial charge in [0.2, 0.25) is 0 Å². The summed E-state index contributed by atoms with van der Waals surface area (Å²) in [6.07, 6.45) is 5.95. The average molecular weight is 262 g/mol. The maximum atomic E-state index is 10.9. The monoisotopic (exact) mass is 262 g/mol. The molecule has 19 heavy (non-hydrogen) atoms. The number of carbonyl (C=O) groups is 1. The molecule has 0 saturated heterocycles. The van der Waals surface area contributed by atoms with Gasteiger partial charge in [-0.15, -0.1) is 0 Å². The van der Waals surface area contributed by atoms with Gasteiger partial charge in [-0.2, -0.15) is 0 Å². The van der Waals surface area contributed by atoms with Crippen molar-refractivity contribution in [3.63, 3.8) is 0 Å². The van der Waals surface area contributed by atoms with Crippen molar-refractivity contribution < 1.29 is 9.53 Å². The highest BCUT2D eigenvalue weighted by atomic mass is 16.5. The Hall–Kier alpha value is -1.31. The highest BCUT2D eigenvalue weighted by Crippen LogP contribution is 2.12. The molecule has 0 radical (unpaired) electrons. The van der Waals surface area contributed by atoms with Crippen LogP contribution >= 0.6 is 0 Å². The lowest BCUT2D eigenvalue weighted by Crippen LogP contribution is -1.99. The van der Waals surface area contributed by atoms with E-state index in [9.17, 15) is 4.79 Å². The van der Waals surface area contributed by atoms with Gasteiger partial charge in [0, 0.05) is 6.42 Å². The summed E-state index contributed by atoms with van der Waals surface area (Å²) in [5.41, 5.74) is 2.81. The number of methoxy groups -OCH3 is 1. The molecular weight excluding hydrogens is 236 g/mol. The second-order valence-corrected chi connectivity index (χ2v) is 5.55. The first-order valence-electron chi connectivity index (χ1n) is 7.26. The molecule has 0 amide bonds. The Balaban J connectivity index is 2.21. The predicted octanol–water partition coefficient (Wildman–Crippen LogP) is 4.16. The minimum absolute atomic E-state index is 0.0990. The van der Waals surface area contributed by atoms with E-state index in [1.807, 2.05) is 0 Å². The molecule has 0 aliphatic carbocycles. The van der Waals surface area contributed by atoms with Crippen LogP contribution in [0.25, 0.3) is 0 Å². The first-order chi connectivity index (χ1) is 9.11. The summed E-state index contributed by atoms with van der Waals surface area (Å²) in [5.74, 6) is 0.613. The number of esters is 1. The van der Waals surface area contributed by atoms with E-state index in [4.69, 9.17) is 0 Å². The number of hydrogen-bond acceptors (Lipinski definition) is 2. The lowest BCUT2D eigenvalue weighted by Gasteiger charge is -2.06. The highest BCUT2D eigenvalue weighted by molar-refractivity contribution is 5.68. The third-order valence-electron chi connectivity index (χ3n) is 3.24. The van der Waals surface area contributed by atoms with Crippen molar-refractivity contribution in [3.05, 3.63) is 35.4 Å². The lowest BCUT2D eigenvalue weighted by atomic mass is 10.00. The molecule has 0 aliphatic rings. The zero-order valence-electron chi connectivity index (χ0n) is 12.4. The number of hydrogen-bond donors (Lipinski definition) is 0. The van der Waals surface area contributed by atoms with Crippen LogP contribution in [0.15, 0.2) is 24.3 Å². The van der Waals surface area contributed by atoms with Crippen molar-refractivity contribution in [2.45, 2.75) is 52.4 Å². The fourth-order valence-corrected chi connectivity index (χ4v) is 2.19. The fourth-order valence-electron chi connectivity index (χ4n) is 2.19. The molecule has 0 saturated carbocycles. The zero-order chi connectivity index (χ0) is 14.1. The molecular formula is C17H26O2. The minimum atomic E-state index is -0.0990. The summed E-state index contributed by atoms with van der Waals surface area (Å²) in [6.45, 7) is 4.49. The standard InChI is InChI=1S/C17H26O2/c1-14(2)13-16-11-9-15(10-12-16)7-5-4-6-8-17(18)19-3/h9-12,14H,4-8,13H2,1-3H3. The summed E-state index contributed by atoms with van der Waals surface area (Å²) in [6, 6.07) is 8.95. The Morgan fingerprint density at radius 3 is 2.26 bits per heavy atom. The van der Waals surface area contributed by atoms with E-state index < -0.39 is 0 Å². The van der Waals surface area contributed by atoms with Crippen LogP contribution < -0.4 is 0 Å². The van der Waals surface area contributed by atoms with E-state index >= 15 is 0 Å². The summed E-state index contributed by atoms with van der Waals surface area (Å²) in [7, 11) is 1.45. The molecule has 2 nitrogen and oxygen atoms in total. The van der Waals surface area contributed by atoms with Crippen LogP contribution in [0.5, 0.6) is 0 Å². The van der Waals surface area contributed by atoms with Gasteiger partial charge in [-0.25, -0.2) is 0 Å². The molecule has 0 aliphatic heterocycles. The lowest BCUT2D eigenvalue weighted by molar-refractivity contribution is -0.140. The fraction of sp³-hybridized carbons (Fsp3) is 0.588. The number of rotatable bonds is 8. The molecule has 0 N–H and O–H groups in total. The summed E-state index contributed by atoms with van der Waals surface area (Å²) < 4.78 is 4.62. The normalized spacial score (nSPS) is 10.7. The molecule has 0 fully saturated rings. The molecule has 0 aromatic heterocycles. The van der Waals surface area contributed by atoms with E-state index in [0.29, 0.717) is 12.3 Å². The smallest absolute Gasteiger partial charge is 0.305 e. The molecule has 1 aromatic rings. The molecule has 0 bridgehead atoms. The molecule has 0 heterocycles. The Kier molecular flexibility index (Phi) is 7.24. The Morgan fingerprint density at radius 2 is 1.68 bits per heavy atom. The number of ether oxygens (including phenoxy) is 1. The van der Waals surface area contributed by atoms with Crippen molar-refractivity contribution >= 4 is 5.97 Å². The SMILES string of the molecule is COC(=O)CCCCCc1ccc(CC(C)C)cc1. The Morgan fingerprint density at radius 1 is 1.05 bits per heavy atom. The van der Waals surface area contributed by atoms with Crippen molar-refractivity contribution in [2.24, 2.45) is 5.92 Å². The average Bonchev–Trinajstić information content (AvgIpc) is 2.39. The molecule has 1 rings (SSSR count). The van der Waals surface area contributed by atoms with Crippen LogP contribution in [0.3, 0.4) is 0 Å². The quantitative estimate of drug-likeness (QED) is 0.519. The van der Waals surface area contributed by atoms with Gasteiger partial charge in [-0.1, -0.05) is 44.5 Å². The van der Waals surface area contributed by atoms with Gasteiger partial charge in [0.1, 0.15) is 0 Å². The number of aryl methyl sites for hydroxylation is 1. The first-order valence-corrected chi connectivity index (χ1v) is 7.26. The predicted molar refractivity (Wildman–Crippen MR) is 79.2 cm³/mol. The maximum absolute atomic E-state index is 10.9. The summed E-state index contributed by atoms with van der Waals surface area (Å²) in [4.78, 5) is 10.9. The van der Waals surface area contributed by atoms with Crippen LogP contribution in [0.1, 0.15) is 50.7 Å². The Labute approximate surface area is 117 Å². The van der Waals surface area contributed by atoms with Gasteiger partial charge < -0.3 is 4.74 Å². The molecule has 0 atom stereocenters. The van der Waals surface area contributed by atoms with E-state index in [1.54, 1.807) is 0 Å². The molecule has 1 aromatic carbocycles. The molecule has 2 heteroatoms. The third-order valence-corrected chi connectivity index (χ3v) is 3.24. The van der Waals surface area contributed by atoms with Crippen molar-refractivity contribution in [3.8, 4) is 0 Å². The highest BCUT2D eigenvalue weighted by Gasteiger charge is 2.01. The van der Waals surface area contributed by atoms with Gasteiger partial charge >= 0.3 is 5.97 Å². The molecule has 0 unspecified atom stereocenters. The van der Waals surface area contributed by atoms with Crippen LogP contribution in [0.2, 0.25) is 0 Å². The molecule has 0 spiro atoms. The van der Waals surface area contributed by atoms with Crippen molar-refractivity contribution in [1.82, 2.24) is 0 Å². The van der Waals surface area contributed by atoms with Crippen LogP contribution in [0.4, 0.5) is 0 Å². The van der Waals surface area contributed by atoms with Gasteiger partial charge in [0.25, 0.3) is 0 Å². The van der Waals surface area contributed by atoms with Gasteiger partial charge in [0.05, 0.1) is 7.11 Å². The largest absolute Gasteiger partial charge is 0.469 e. The van der Waals surface area contributed by atoms with Crippen LogP contribution in [-0.2, 0) is 22.4 Å². The van der Waals surface area contributed by atoms with Crippen molar-refractivity contribution in [2.75, 3.05) is 7.11 Å². The van der Waals surface area contributed by atoms with E-state index in [0.717, 1.165) is 32.1 Å². The van der Waals surface area contributed by atoms with Crippen LogP contribution in [0, 0.1) is 5.92 Å². The van der Waals surface area contributed by atoms with E-state index in [-0.39, 0.29) is 5.97 Å². The topological polar surface area (TPSA) is 26.3 Å². The van der Waals surface area contributed by atoms with Crippen molar-refractivity contribution in [1.29, 1.82) is 0 Å². The van der Waals surface area contributed by atoms with E-state index in [2.05, 4.69) is 42.8 Å².